The molecular weight excluding hydrogens is 316 g/mol. The lowest BCUT2D eigenvalue weighted by atomic mass is 9.79. The van der Waals surface area contributed by atoms with Crippen molar-refractivity contribution < 1.29 is 14.3 Å². The van der Waals surface area contributed by atoms with E-state index in [2.05, 4.69) is 0 Å². The lowest BCUT2D eigenvalue weighted by molar-refractivity contribution is -0.125. The van der Waals surface area contributed by atoms with Crippen LogP contribution in [-0.2, 0) is 4.79 Å². The molecule has 0 spiro atoms. The zero-order valence-electron chi connectivity index (χ0n) is 13.1. The van der Waals surface area contributed by atoms with Crippen LogP contribution in [0.15, 0.2) is 18.2 Å². The number of nitrogens with zero attached hydrogens (tertiary/aromatic N) is 1. The number of primary amides is 1. The molecule has 1 aromatic carbocycles. The maximum absolute atomic E-state index is 12.8. The van der Waals surface area contributed by atoms with Gasteiger partial charge in [0, 0.05) is 19.0 Å². The fourth-order valence-electron chi connectivity index (χ4n) is 2.80. The first-order valence-corrected chi connectivity index (χ1v) is 8.33. The molecular formula is C17H21ClN2O3. The molecule has 124 valence electrons. The van der Waals surface area contributed by atoms with Crippen LogP contribution >= 0.6 is 11.6 Å². The van der Waals surface area contributed by atoms with Gasteiger partial charge in [0.25, 0.3) is 5.91 Å². The van der Waals surface area contributed by atoms with E-state index in [0.29, 0.717) is 41.7 Å². The quantitative estimate of drug-likeness (QED) is 0.867. The Balaban J connectivity index is 1.71. The van der Waals surface area contributed by atoms with Gasteiger partial charge in [0.15, 0.2) is 0 Å². The van der Waals surface area contributed by atoms with Crippen molar-refractivity contribution in [2.45, 2.75) is 31.7 Å². The minimum absolute atomic E-state index is 0.0209. The Morgan fingerprint density at radius 1 is 1.35 bits per heavy atom. The van der Waals surface area contributed by atoms with E-state index in [1.54, 1.807) is 30.1 Å². The number of carbonyl (C=O) groups excluding carboxylic acids is 2. The molecule has 0 bridgehead atoms. The van der Waals surface area contributed by atoms with Gasteiger partial charge in [0.1, 0.15) is 11.3 Å². The predicted molar refractivity (Wildman–Crippen MR) is 87.5 cm³/mol. The summed E-state index contributed by atoms with van der Waals surface area (Å²) in [7, 11) is 1.73. The maximum Gasteiger partial charge on any atom is 0.259 e. The molecule has 0 atom stereocenters. The maximum atomic E-state index is 12.8. The second kappa shape index (κ2) is 6.40. The van der Waals surface area contributed by atoms with Gasteiger partial charge >= 0.3 is 0 Å². The number of amides is 2. The first-order valence-electron chi connectivity index (χ1n) is 7.95. The van der Waals surface area contributed by atoms with Gasteiger partial charge in [-0.15, -0.1) is 0 Å². The van der Waals surface area contributed by atoms with E-state index in [-0.39, 0.29) is 23.8 Å². The third-order valence-electron chi connectivity index (χ3n) is 4.74. The largest absolute Gasteiger partial charge is 0.492 e. The third-order valence-corrected chi connectivity index (χ3v) is 5.06. The van der Waals surface area contributed by atoms with E-state index in [4.69, 9.17) is 22.1 Å². The minimum atomic E-state index is -0.298. The molecule has 2 amide bonds. The predicted octanol–water partition coefficient (Wildman–Crippen LogP) is 2.46. The lowest BCUT2D eigenvalue weighted by Gasteiger charge is -2.39. The number of carbonyl (C=O) groups is 2. The van der Waals surface area contributed by atoms with E-state index in [1.165, 1.54) is 12.8 Å². The van der Waals surface area contributed by atoms with Crippen LogP contribution in [0.1, 0.15) is 36.0 Å². The number of hydrogen-bond donors (Lipinski definition) is 1. The smallest absolute Gasteiger partial charge is 0.259 e. The summed E-state index contributed by atoms with van der Waals surface area (Å²) >= 11 is 6.24. The van der Waals surface area contributed by atoms with Crippen molar-refractivity contribution in [3.05, 3.63) is 28.8 Å². The summed E-state index contributed by atoms with van der Waals surface area (Å²) in [6.07, 6.45) is 3.58. The second-order valence-corrected chi connectivity index (χ2v) is 6.92. The van der Waals surface area contributed by atoms with E-state index in [0.717, 1.165) is 0 Å². The molecule has 0 radical (unpaired) electrons. The molecule has 2 aliphatic rings. The van der Waals surface area contributed by atoms with Gasteiger partial charge in [-0.2, -0.15) is 0 Å². The zero-order chi connectivity index (χ0) is 16.6. The topological polar surface area (TPSA) is 72.6 Å². The highest BCUT2D eigenvalue weighted by Gasteiger charge is 2.38. The van der Waals surface area contributed by atoms with Crippen LogP contribution in [-0.4, -0.2) is 36.4 Å². The molecule has 2 N–H and O–H groups in total. The summed E-state index contributed by atoms with van der Waals surface area (Å²) in [5, 5.41) is 0.390. The number of hydrogen-bond acceptors (Lipinski definition) is 3. The van der Waals surface area contributed by atoms with Gasteiger partial charge in [-0.05, 0) is 43.7 Å². The fraction of sp³-hybridized carbons (Fsp3) is 0.529. The molecule has 0 aliphatic heterocycles. The number of nitrogens with two attached hydrogens (primary N) is 1. The molecule has 23 heavy (non-hydrogen) atoms. The van der Waals surface area contributed by atoms with Crippen molar-refractivity contribution in [1.82, 2.24) is 4.90 Å². The van der Waals surface area contributed by atoms with Gasteiger partial charge in [0.2, 0.25) is 5.91 Å². The average molecular weight is 337 g/mol. The summed E-state index contributed by atoms with van der Waals surface area (Å²) in [6.45, 7) is 0.623. The Hall–Kier alpha value is -1.75. The van der Waals surface area contributed by atoms with E-state index >= 15 is 0 Å². The highest BCUT2D eigenvalue weighted by molar-refractivity contribution is 6.34. The summed E-state index contributed by atoms with van der Waals surface area (Å²) in [5.41, 5.74) is 5.69. The summed E-state index contributed by atoms with van der Waals surface area (Å²) in [5.74, 6) is 0.527. The molecule has 5 nitrogen and oxygen atoms in total. The SMILES string of the molecule is CN(C(=O)c1c(Cl)cccc1OCC1CC1)C1CC(C(N)=O)C1. The second-order valence-electron chi connectivity index (χ2n) is 6.51. The highest BCUT2D eigenvalue weighted by Crippen LogP contribution is 2.35. The van der Waals surface area contributed by atoms with Crippen molar-refractivity contribution in [1.29, 1.82) is 0 Å². The van der Waals surface area contributed by atoms with Gasteiger partial charge in [0.05, 0.1) is 11.6 Å². The molecule has 6 heteroatoms. The monoisotopic (exact) mass is 336 g/mol. The Labute approximate surface area is 140 Å². The van der Waals surface area contributed by atoms with E-state index in [1.807, 2.05) is 0 Å². The third kappa shape index (κ3) is 3.44. The van der Waals surface area contributed by atoms with E-state index in [9.17, 15) is 9.59 Å². The van der Waals surface area contributed by atoms with Gasteiger partial charge in [-0.25, -0.2) is 0 Å². The Kier molecular flexibility index (Phi) is 4.48. The van der Waals surface area contributed by atoms with Crippen molar-refractivity contribution in [3.8, 4) is 5.75 Å². The van der Waals surface area contributed by atoms with Crippen LogP contribution in [0, 0.1) is 11.8 Å². The lowest BCUT2D eigenvalue weighted by Crippen LogP contribution is -2.49. The van der Waals surface area contributed by atoms with Crippen molar-refractivity contribution in [3.63, 3.8) is 0 Å². The molecule has 2 aliphatic carbocycles. The van der Waals surface area contributed by atoms with Gasteiger partial charge in [-0.1, -0.05) is 17.7 Å². The van der Waals surface area contributed by atoms with Crippen LogP contribution in [0.2, 0.25) is 5.02 Å². The van der Waals surface area contributed by atoms with Crippen LogP contribution in [0.4, 0.5) is 0 Å². The van der Waals surface area contributed by atoms with Gasteiger partial charge < -0.3 is 15.4 Å². The minimum Gasteiger partial charge on any atom is -0.492 e. The van der Waals surface area contributed by atoms with Crippen LogP contribution in [0.5, 0.6) is 5.75 Å². The van der Waals surface area contributed by atoms with Crippen molar-refractivity contribution in [2.24, 2.45) is 17.6 Å². The molecule has 3 rings (SSSR count). The van der Waals surface area contributed by atoms with Crippen LogP contribution in [0.3, 0.4) is 0 Å². The van der Waals surface area contributed by atoms with Gasteiger partial charge in [-0.3, -0.25) is 9.59 Å². The Morgan fingerprint density at radius 2 is 2.04 bits per heavy atom. The fourth-order valence-corrected chi connectivity index (χ4v) is 3.05. The number of benzene rings is 1. The molecule has 0 saturated heterocycles. The molecule has 2 saturated carbocycles. The van der Waals surface area contributed by atoms with Crippen molar-refractivity contribution in [2.75, 3.05) is 13.7 Å². The zero-order valence-corrected chi connectivity index (χ0v) is 13.9. The first-order chi connectivity index (χ1) is 11.0. The first kappa shape index (κ1) is 16.1. The summed E-state index contributed by atoms with van der Waals surface area (Å²) in [4.78, 5) is 25.6. The highest BCUT2D eigenvalue weighted by atomic mass is 35.5. The summed E-state index contributed by atoms with van der Waals surface area (Å²) in [6, 6.07) is 5.28. The Morgan fingerprint density at radius 3 is 2.65 bits per heavy atom. The van der Waals surface area contributed by atoms with Crippen LogP contribution < -0.4 is 10.5 Å². The number of halogens is 1. The molecule has 0 unspecified atom stereocenters. The molecule has 2 fully saturated rings. The average Bonchev–Trinajstić information content (AvgIpc) is 3.26. The van der Waals surface area contributed by atoms with Crippen molar-refractivity contribution >= 4 is 23.4 Å². The number of ether oxygens (including phenoxy) is 1. The number of rotatable bonds is 6. The van der Waals surface area contributed by atoms with Crippen LogP contribution in [0.25, 0.3) is 0 Å². The Bertz CT molecular complexity index is 624. The molecule has 0 aromatic heterocycles. The normalized spacial score (nSPS) is 23.0. The standard InChI is InChI=1S/C17H21ClN2O3/c1-20(12-7-11(8-12)16(19)21)17(22)15-13(18)3-2-4-14(15)23-9-10-5-6-10/h2-4,10-12H,5-9H2,1H3,(H2,19,21). The molecule has 0 heterocycles. The summed E-state index contributed by atoms with van der Waals surface area (Å²) < 4.78 is 5.80. The molecule has 1 aromatic rings. The van der Waals surface area contributed by atoms with E-state index < -0.39 is 0 Å².